The molecule has 0 spiro atoms. The Balaban J connectivity index is 1.93. The first-order chi connectivity index (χ1) is 7.81. The fourth-order valence-electron chi connectivity index (χ4n) is 2.11. The molecule has 1 unspecified atom stereocenters. The van der Waals surface area contributed by atoms with Crippen molar-refractivity contribution < 1.29 is 9.63 Å². The van der Waals surface area contributed by atoms with Gasteiger partial charge in [0.15, 0.2) is 0 Å². The number of carbonyl (C=O) groups excluding carboxylic acids is 1. The zero-order chi connectivity index (χ0) is 11.4. The van der Waals surface area contributed by atoms with Crippen LogP contribution in [0.1, 0.15) is 17.7 Å². The molecule has 0 saturated carbocycles. The second-order valence-corrected chi connectivity index (χ2v) is 5.00. The molecule has 2 N–H and O–H groups in total. The van der Waals surface area contributed by atoms with Crippen LogP contribution in [-0.2, 0) is 16.1 Å². The molecule has 0 bridgehead atoms. The zero-order valence-electron chi connectivity index (χ0n) is 9.09. The summed E-state index contributed by atoms with van der Waals surface area (Å²) in [6.07, 6.45) is 2.54. The Kier molecular flexibility index (Phi) is 3.93. The fraction of sp³-hybridized carbons (Fsp3) is 0.545. The van der Waals surface area contributed by atoms with Gasteiger partial charge in [0, 0.05) is 11.4 Å². The minimum absolute atomic E-state index is 0.164. The lowest BCUT2D eigenvalue weighted by Crippen LogP contribution is -2.39. The number of likely N-dealkylation sites (tertiary alicyclic amines) is 1. The van der Waals surface area contributed by atoms with E-state index in [-0.39, 0.29) is 11.9 Å². The van der Waals surface area contributed by atoms with Crippen LogP contribution in [0.2, 0.25) is 0 Å². The third-order valence-corrected chi connectivity index (χ3v) is 3.77. The fourth-order valence-corrected chi connectivity index (χ4v) is 2.81. The van der Waals surface area contributed by atoms with Crippen LogP contribution in [0, 0.1) is 0 Å². The SMILES string of the molecule is NOCC1CCCN1C(=O)Cc1cccs1. The molecule has 1 amide bonds. The van der Waals surface area contributed by atoms with Crippen LogP contribution in [0.25, 0.3) is 0 Å². The Morgan fingerprint density at radius 1 is 1.69 bits per heavy atom. The highest BCUT2D eigenvalue weighted by Crippen LogP contribution is 2.19. The first-order valence-electron chi connectivity index (χ1n) is 5.45. The molecule has 2 heterocycles. The Hall–Kier alpha value is -0.910. The predicted octanol–water partition coefficient (Wildman–Crippen LogP) is 1.17. The van der Waals surface area contributed by atoms with Crippen LogP contribution in [-0.4, -0.2) is 30.0 Å². The van der Waals surface area contributed by atoms with E-state index in [9.17, 15) is 4.79 Å². The minimum Gasteiger partial charge on any atom is -0.337 e. The molecule has 2 rings (SSSR count). The van der Waals surface area contributed by atoms with Crippen molar-refractivity contribution in [2.45, 2.75) is 25.3 Å². The predicted molar refractivity (Wildman–Crippen MR) is 62.9 cm³/mol. The summed E-state index contributed by atoms with van der Waals surface area (Å²) in [7, 11) is 0. The molecule has 1 saturated heterocycles. The Morgan fingerprint density at radius 3 is 3.25 bits per heavy atom. The van der Waals surface area contributed by atoms with Gasteiger partial charge in [-0.25, -0.2) is 5.90 Å². The van der Waals surface area contributed by atoms with Crippen molar-refractivity contribution in [3.8, 4) is 0 Å². The van der Waals surface area contributed by atoms with Gasteiger partial charge >= 0.3 is 0 Å². The van der Waals surface area contributed by atoms with Crippen LogP contribution in [0.4, 0.5) is 0 Å². The molecule has 1 aliphatic rings. The number of hydrogen-bond acceptors (Lipinski definition) is 4. The highest BCUT2D eigenvalue weighted by atomic mass is 32.1. The molecular formula is C11H16N2O2S. The summed E-state index contributed by atoms with van der Waals surface area (Å²) < 4.78 is 0. The van der Waals surface area contributed by atoms with Crippen LogP contribution < -0.4 is 5.90 Å². The zero-order valence-corrected chi connectivity index (χ0v) is 9.91. The van der Waals surface area contributed by atoms with Gasteiger partial charge in [0.05, 0.1) is 19.1 Å². The smallest absolute Gasteiger partial charge is 0.228 e. The van der Waals surface area contributed by atoms with Crippen molar-refractivity contribution in [1.29, 1.82) is 0 Å². The Labute approximate surface area is 98.9 Å². The third-order valence-electron chi connectivity index (χ3n) is 2.89. The monoisotopic (exact) mass is 240 g/mol. The molecule has 5 heteroatoms. The van der Waals surface area contributed by atoms with E-state index in [1.165, 1.54) is 0 Å². The van der Waals surface area contributed by atoms with E-state index in [0.717, 1.165) is 24.3 Å². The number of thiophene rings is 1. The minimum atomic E-state index is 0.164. The standard InChI is InChI=1S/C11H16N2O2S/c12-15-8-9-3-1-5-13(9)11(14)7-10-4-2-6-16-10/h2,4,6,9H,1,3,5,7-8,12H2. The van der Waals surface area contributed by atoms with Gasteiger partial charge in [-0.2, -0.15) is 0 Å². The lowest BCUT2D eigenvalue weighted by Gasteiger charge is -2.23. The number of amides is 1. The lowest BCUT2D eigenvalue weighted by molar-refractivity contribution is -0.132. The van der Waals surface area contributed by atoms with Gasteiger partial charge in [-0.05, 0) is 24.3 Å². The first kappa shape index (κ1) is 11.6. The second kappa shape index (κ2) is 5.43. The van der Waals surface area contributed by atoms with E-state index in [0.29, 0.717) is 13.0 Å². The van der Waals surface area contributed by atoms with Crippen molar-refractivity contribution in [1.82, 2.24) is 4.90 Å². The molecule has 1 fully saturated rings. The largest absolute Gasteiger partial charge is 0.337 e. The summed E-state index contributed by atoms with van der Waals surface area (Å²) in [5.74, 6) is 5.25. The Morgan fingerprint density at radius 2 is 2.56 bits per heavy atom. The molecule has 0 radical (unpaired) electrons. The maximum absolute atomic E-state index is 12.0. The van der Waals surface area contributed by atoms with Gasteiger partial charge in [0.1, 0.15) is 0 Å². The third kappa shape index (κ3) is 2.61. The quantitative estimate of drug-likeness (QED) is 0.804. The van der Waals surface area contributed by atoms with Crippen molar-refractivity contribution in [2.75, 3.05) is 13.2 Å². The summed E-state index contributed by atoms with van der Waals surface area (Å²) in [6, 6.07) is 4.13. The summed E-state index contributed by atoms with van der Waals surface area (Å²) >= 11 is 1.62. The number of nitrogens with zero attached hydrogens (tertiary/aromatic N) is 1. The van der Waals surface area contributed by atoms with Gasteiger partial charge in [-0.15, -0.1) is 11.3 Å². The van der Waals surface area contributed by atoms with Crippen LogP contribution >= 0.6 is 11.3 Å². The molecule has 1 aromatic heterocycles. The van der Waals surface area contributed by atoms with E-state index in [4.69, 9.17) is 5.90 Å². The van der Waals surface area contributed by atoms with Gasteiger partial charge in [-0.1, -0.05) is 6.07 Å². The van der Waals surface area contributed by atoms with Crippen LogP contribution in [0.3, 0.4) is 0 Å². The van der Waals surface area contributed by atoms with E-state index in [1.807, 2.05) is 22.4 Å². The lowest BCUT2D eigenvalue weighted by atomic mass is 10.2. The average molecular weight is 240 g/mol. The molecule has 1 atom stereocenters. The summed E-state index contributed by atoms with van der Waals surface area (Å²) in [6.45, 7) is 1.27. The van der Waals surface area contributed by atoms with Gasteiger partial charge in [-0.3, -0.25) is 4.79 Å². The molecule has 1 aromatic rings. The van der Waals surface area contributed by atoms with Crippen molar-refractivity contribution in [3.63, 3.8) is 0 Å². The van der Waals surface area contributed by atoms with Crippen molar-refractivity contribution in [3.05, 3.63) is 22.4 Å². The van der Waals surface area contributed by atoms with Crippen molar-refractivity contribution in [2.24, 2.45) is 5.90 Å². The van der Waals surface area contributed by atoms with E-state index in [2.05, 4.69) is 4.84 Å². The molecular weight excluding hydrogens is 224 g/mol. The molecule has 4 nitrogen and oxygen atoms in total. The average Bonchev–Trinajstić information content (AvgIpc) is 2.89. The van der Waals surface area contributed by atoms with Crippen LogP contribution in [0.15, 0.2) is 17.5 Å². The normalized spacial score (nSPS) is 20.3. The van der Waals surface area contributed by atoms with E-state index < -0.39 is 0 Å². The van der Waals surface area contributed by atoms with Gasteiger partial charge in [0.2, 0.25) is 5.91 Å². The topological polar surface area (TPSA) is 55.6 Å². The van der Waals surface area contributed by atoms with E-state index in [1.54, 1.807) is 11.3 Å². The number of hydrogen-bond donors (Lipinski definition) is 1. The van der Waals surface area contributed by atoms with Crippen LogP contribution in [0.5, 0.6) is 0 Å². The molecule has 1 aliphatic heterocycles. The van der Waals surface area contributed by atoms with Gasteiger partial charge in [0.25, 0.3) is 0 Å². The Bertz CT molecular complexity index is 340. The highest BCUT2D eigenvalue weighted by molar-refractivity contribution is 7.10. The molecule has 0 aliphatic carbocycles. The summed E-state index contributed by atoms with van der Waals surface area (Å²) in [4.78, 5) is 19.7. The molecule has 88 valence electrons. The van der Waals surface area contributed by atoms with Crippen molar-refractivity contribution >= 4 is 17.2 Å². The molecule has 16 heavy (non-hydrogen) atoms. The van der Waals surface area contributed by atoms with E-state index >= 15 is 0 Å². The first-order valence-corrected chi connectivity index (χ1v) is 6.32. The maximum Gasteiger partial charge on any atom is 0.228 e. The second-order valence-electron chi connectivity index (χ2n) is 3.97. The molecule has 0 aromatic carbocycles. The van der Waals surface area contributed by atoms with Gasteiger partial charge < -0.3 is 9.74 Å². The summed E-state index contributed by atoms with van der Waals surface area (Å²) in [5.41, 5.74) is 0. The maximum atomic E-state index is 12.0. The number of nitrogens with two attached hydrogens (primary N) is 1. The number of carbonyl (C=O) groups is 1. The highest BCUT2D eigenvalue weighted by Gasteiger charge is 2.28. The number of rotatable bonds is 4. The summed E-state index contributed by atoms with van der Waals surface area (Å²) in [5, 5.41) is 1.99.